The molecule has 0 unspecified atom stereocenters. The number of piperazine rings is 1. The molecule has 27 heavy (non-hydrogen) atoms. The van der Waals surface area contributed by atoms with E-state index >= 15 is 0 Å². The summed E-state index contributed by atoms with van der Waals surface area (Å²) >= 11 is 0. The molecular weight excluding hydrogens is 344 g/mol. The lowest BCUT2D eigenvalue weighted by Gasteiger charge is -2.36. The Morgan fingerprint density at radius 2 is 1.67 bits per heavy atom. The number of carbonyl (C=O) groups excluding carboxylic acids is 2. The maximum atomic E-state index is 12.7. The third-order valence-corrected chi connectivity index (χ3v) is 4.73. The number of amides is 1. The summed E-state index contributed by atoms with van der Waals surface area (Å²) in [7, 11) is 0. The largest absolute Gasteiger partial charge is 0.368 e. The highest BCUT2D eigenvalue weighted by atomic mass is 16.2. The fraction of sp³-hybridized carbons (Fsp3) is 0.400. The summed E-state index contributed by atoms with van der Waals surface area (Å²) in [6.07, 6.45) is 0.783. The van der Waals surface area contributed by atoms with Crippen molar-refractivity contribution in [2.24, 2.45) is 0 Å². The number of aromatic nitrogens is 2. The number of ketones is 1. The van der Waals surface area contributed by atoms with Crippen LogP contribution in [0.1, 0.15) is 41.1 Å². The first-order valence-corrected chi connectivity index (χ1v) is 9.23. The Kier molecular flexibility index (Phi) is 5.69. The van der Waals surface area contributed by atoms with Crippen molar-refractivity contribution in [1.82, 2.24) is 14.7 Å². The molecule has 0 atom stereocenters. The van der Waals surface area contributed by atoms with Gasteiger partial charge in [0.15, 0.2) is 5.78 Å². The Labute approximate surface area is 158 Å². The first-order valence-electron chi connectivity index (χ1n) is 9.23. The van der Waals surface area contributed by atoms with Crippen LogP contribution < -0.4 is 10.5 Å². The van der Waals surface area contributed by atoms with Gasteiger partial charge in [-0.25, -0.2) is 4.68 Å². The standard InChI is InChI=1S/C20H24N4O3/c1-3-10-24-19(26)9-8-18(21-24)20(27)23-13-11-22(12-14-23)17-6-4-16(5-7-17)15(2)25/h4-9H,3,10-14H2,1-2H3. The summed E-state index contributed by atoms with van der Waals surface area (Å²) < 4.78 is 1.35. The van der Waals surface area contributed by atoms with Crippen molar-refractivity contribution in [3.63, 3.8) is 0 Å². The lowest BCUT2D eigenvalue weighted by Crippen LogP contribution is -2.49. The second-order valence-corrected chi connectivity index (χ2v) is 6.66. The molecule has 142 valence electrons. The summed E-state index contributed by atoms with van der Waals surface area (Å²) in [5, 5.41) is 4.21. The van der Waals surface area contributed by atoms with Crippen LogP contribution in [0, 0.1) is 0 Å². The van der Waals surface area contributed by atoms with E-state index in [0.29, 0.717) is 44.0 Å². The van der Waals surface area contributed by atoms with Gasteiger partial charge in [-0.15, -0.1) is 0 Å². The number of aryl methyl sites for hydroxylation is 1. The van der Waals surface area contributed by atoms with E-state index in [0.717, 1.165) is 12.1 Å². The highest BCUT2D eigenvalue weighted by Crippen LogP contribution is 2.18. The second-order valence-electron chi connectivity index (χ2n) is 6.66. The van der Waals surface area contributed by atoms with E-state index in [2.05, 4.69) is 10.00 Å². The van der Waals surface area contributed by atoms with Crippen molar-refractivity contribution in [2.75, 3.05) is 31.1 Å². The smallest absolute Gasteiger partial charge is 0.274 e. The molecule has 1 saturated heterocycles. The Morgan fingerprint density at radius 1 is 1.00 bits per heavy atom. The number of benzene rings is 1. The molecule has 3 rings (SSSR count). The van der Waals surface area contributed by atoms with Crippen LogP contribution in [-0.4, -0.2) is 52.5 Å². The number of rotatable bonds is 5. The highest BCUT2D eigenvalue weighted by Gasteiger charge is 2.23. The average molecular weight is 368 g/mol. The summed E-state index contributed by atoms with van der Waals surface area (Å²) in [5.74, 6) is -0.0969. The molecule has 0 N–H and O–H groups in total. The van der Waals surface area contributed by atoms with Crippen LogP contribution in [0.5, 0.6) is 0 Å². The quantitative estimate of drug-likeness (QED) is 0.753. The fourth-order valence-electron chi connectivity index (χ4n) is 3.17. The van der Waals surface area contributed by atoms with Gasteiger partial charge in [0.1, 0.15) is 5.69 Å². The Morgan fingerprint density at radius 3 is 2.26 bits per heavy atom. The molecule has 7 nitrogen and oxygen atoms in total. The van der Waals surface area contributed by atoms with Crippen LogP contribution in [0.4, 0.5) is 5.69 Å². The van der Waals surface area contributed by atoms with E-state index in [1.54, 1.807) is 11.8 Å². The summed E-state index contributed by atoms with van der Waals surface area (Å²) in [5.41, 5.74) is 1.86. The molecule has 1 aromatic heterocycles. The highest BCUT2D eigenvalue weighted by molar-refractivity contribution is 5.94. The van der Waals surface area contributed by atoms with E-state index in [1.807, 2.05) is 31.2 Å². The van der Waals surface area contributed by atoms with Gasteiger partial charge in [0, 0.05) is 50.0 Å². The number of anilines is 1. The van der Waals surface area contributed by atoms with Crippen molar-refractivity contribution in [2.45, 2.75) is 26.8 Å². The van der Waals surface area contributed by atoms with Gasteiger partial charge >= 0.3 is 0 Å². The molecule has 2 aromatic rings. The molecule has 1 fully saturated rings. The SMILES string of the molecule is CCCn1nc(C(=O)N2CCN(c3ccc(C(C)=O)cc3)CC2)ccc1=O. The lowest BCUT2D eigenvalue weighted by atomic mass is 10.1. The molecule has 0 saturated carbocycles. The van der Waals surface area contributed by atoms with Crippen molar-refractivity contribution in [3.8, 4) is 0 Å². The summed E-state index contributed by atoms with van der Waals surface area (Å²) in [4.78, 5) is 39.8. The molecule has 1 aliphatic heterocycles. The van der Waals surface area contributed by atoms with Gasteiger partial charge in [0.25, 0.3) is 11.5 Å². The maximum absolute atomic E-state index is 12.7. The molecule has 0 radical (unpaired) electrons. The minimum absolute atomic E-state index is 0.0499. The average Bonchev–Trinajstić information content (AvgIpc) is 2.69. The van der Waals surface area contributed by atoms with E-state index in [9.17, 15) is 14.4 Å². The molecule has 0 spiro atoms. The zero-order valence-electron chi connectivity index (χ0n) is 15.7. The summed E-state index contributed by atoms with van der Waals surface area (Å²) in [6, 6.07) is 10.4. The fourth-order valence-corrected chi connectivity index (χ4v) is 3.17. The molecule has 7 heteroatoms. The molecule has 1 amide bonds. The van der Waals surface area contributed by atoms with E-state index in [4.69, 9.17) is 0 Å². The molecule has 0 bridgehead atoms. The third kappa shape index (κ3) is 4.24. The van der Waals surface area contributed by atoms with E-state index < -0.39 is 0 Å². The predicted octanol–water partition coefficient (Wildman–Crippen LogP) is 1.82. The number of carbonyl (C=O) groups is 2. The van der Waals surface area contributed by atoms with Crippen LogP contribution >= 0.6 is 0 Å². The zero-order chi connectivity index (χ0) is 19.4. The Bertz CT molecular complexity index is 881. The number of nitrogens with zero attached hydrogens (tertiary/aromatic N) is 4. The summed E-state index contributed by atoms with van der Waals surface area (Å²) in [6.45, 7) is 6.61. The predicted molar refractivity (Wildman–Crippen MR) is 103 cm³/mol. The first-order chi connectivity index (χ1) is 13.0. The zero-order valence-corrected chi connectivity index (χ0v) is 15.7. The van der Waals surface area contributed by atoms with E-state index in [1.165, 1.54) is 16.8 Å². The van der Waals surface area contributed by atoms with Gasteiger partial charge in [-0.1, -0.05) is 6.92 Å². The van der Waals surface area contributed by atoms with Crippen LogP contribution in [0.25, 0.3) is 0 Å². The Hall–Kier alpha value is -2.96. The number of hydrogen-bond acceptors (Lipinski definition) is 5. The monoisotopic (exact) mass is 368 g/mol. The topological polar surface area (TPSA) is 75.5 Å². The van der Waals surface area contributed by atoms with Crippen molar-refractivity contribution in [1.29, 1.82) is 0 Å². The second kappa shape index (κ2) is 8.16. The van der Waals surface area contributed by atoms with Crippen LogP contribution in [0.2, 0.25) is 0 Å². The normalized spacial score (nSPS) is 14.3. The third-order valence-electron chi connectivity index (χ3n) is 4.73. The van der Waals surface area contributed by atoms with Crippen LogP contribution in [0.15, 0.2) is 41.2 Å². The van der Waals surface area contributed by atoms with Crippen LogP contribution in [0.3, 0.4) is 0 Å². The van der Waals surface area contributed by atoms with Gasteiger partial charge in [-0.2, -0.15) is 5.10 Å². The minimum Gasteiger partial charge on any atom is -0.368 e. The maximum Gasteiger partial charge on any atom is 0.274 e. The molecular formula is C20H24N4O3. The Balaban J connectivity index is 1.65. The molecule has 1 aromatic carbocycles. The lowest BCUT2D eigenvalue weighted by molar-refractivity contribution is 0.0737. The molecule has 0 aliphatic carbocycles. The van der Waals surface area contributed by atoms with Gasteiger partial charge in [-0.3, -0.25) is 14.4 Å². The number of Topliss-reactive ketones (excluding diaryl/α,β-unsaturated/α-hetero) is 1. The van der Waals surface area contributed by atoms with Gasteiger partial charge in [-0.05, 0) is 43.7 Å². The van der Waals surface area contributed by atoms with Crippen LogP contribution in [-0.2, 0) is 6.54 Å². The van der Waals surface area contributed by atoms with E-state index in [-0.39, 0.29) is 17.2 Å². The molecule has 2 heterocycles. The van der Waals surface area contributed by atoms with Gasteiger partial charge in [0.05, 0.1) is 0 Å². The molecule has 1 aliphatic rings. The van der Waals surface area contributed by atoms with Gasteiger partial charge in [0.2, 0.25) is 0 Å². The minimum atomic E-state index is -0.188. The van der Waals surface area contributed by atoms with Crippen molar-refractivity contribution in [3.05, 3.63) is 58.0 Å². The first kappa shape index (κ1) is 18.8. The van der Waals surface area contributed by atoms with Crippen molar-refractivity contribution >= 4 is 17.4 Å². The van der Waals surface area contributed by atoms with Crippen molar-refractivity contribution < 1.29 is 9.59 Å². The number of hydrogen-bond donors (Lipinski definition) is 0. The van der Waals surface area contributed by atoms with Gasteiger partial charge < -0.3 is 9.80 Å².